The molecule has 1 amide bonds. The number of ether oxygens (including phenoxy) is 1. The highest BCUT2D eigenvalue weighted by Crippen LogP contribution is 2.32. The zero-order valence-electron chi connectivity index (χ0n) is 23.3. The Morgan fingerprint density at radius 2 is 1.85 bits per heavy atom. The van der Waals surface area contributed by atoms with Crippen molar-refractivity contribution >= 4 is 40.1 Å². The molecule has 1 aromatic carbocycles. The molecule has 4 aromatic rings. The minimum absolute atomic E-state index is 0.0486. The van der Waals surface area contributed by atoms with Gasteiger partial charge in [0, 0.05) is 50.2 Å². The van der Waals surface area contributed by atoms with Gasteiger partial charge in [0.05, 0.1) is 13.1 Å². The smallest absolute Gasteiger partial charge is 0.278 e. The van der Waals surface area contributed by atoms with E-state index in [1.165, 1.54) is 16.6 Å². The molecule has 5 heterocycles. The van der Waals surface area contributed by atoms with Crippen LogP contribution in [0.4, 0.5) is 23.1 Å². The number of carbonyl (C=O) groups is 1. The number of pyridine rings is 1. The van der Waals surface area contributed by atoms with Crippen molar-refractivity contribution in [3.05, 3.63) is 65.6 Å². The van der Waals surface area contributed by atoms with Crippen molar-refractivity contribution in [3.8, 4) is 11.6 Å². The second kappa shape index (κ2) is 11.0. The van der Waals surface area contributed by atoms with E-state index in [9.17, 15) is 9.59 Å². The lowest BCUT2D eigenvalue weighted by Gasteiger charge is -2.34. The van der Waals surface area contributed by atoms with Gasteiger partial charge >= 0.3 is 0 Å². The van der Waals surface area contributed by atoms with E-state index >= 15 is 0 Å². The normalized spacial score (nSPS) is 15.5. The first-order chi connectivity index (χ1) is 20.0. The van der Waals surface area contributed by atoms with E-state index in [-0.39, 0.29) is 18.0 Å². The Kier molecular flexibility index (Phi) is 7.14. The fourth-order valence-electron chi connectivity index (χ4n) is 5.19. The maximum absolute atomic E-state index is 13.4. The van der Waals surface area contributed by atoms with Gasteiger partial charge in [-0.25, -0.2) is 19.3 Å². The number of allylic oxidation sites excluding steroid dienone is 1. The highest BCUT2D eigenvalue weighted by molar-refractivity contribution is 5.94. The van der Waals surface area contributed by atoms with Crippen LogP contribution in [0.25, 0.3) is 16.9 Å². The van der Waals surface area contributed by atoms with Crippen molar-refractivity contribution in [2.75, 3.05) is 61.5 Å². The monoisotopic (exact) mass is 555 g/mol. The summed E-state index contributed by atoms with van der Waals surface area (Å²) in [6, 6.07) is 11.7. The maximum Gasteiger partial charge on any atom is 0.278 e. The van der Waals surface area contributed by atoms with E-state index in [1.807, 2.05) is 19.1 Å². The molecule has 1 fully saturated rings. The summed E-state index contributed by atoms with van der Waals surface area (Å²) in [5, 5.41) is 3.61. The molecule has 212 valence electrons. The van der Waals surface area contributed by atoms with Crippen LogP contribution in [0.2, 0.25) is 0 Å². The van der Waals surface area contributed by atoms with Gasteiger partial charge < -0.3 is 19.9 Å². The Labute approximate surface area is 237 Å². The molecule has 0 atom stereocenters. The highest BCUT2D eigenvalue weighted by Gasteiger charge is 2.26. The average Bonchev–Trinajstić information content (AvgIpc) is 3.27. The molecular formula is C29H33N9O3. The average molecular weight is 556 g/mol. The molecule has 0 aliphatic carbocycles. The largest absolute Gasteiger partial charge is 0.488 e. The number of hydrogen-bond donors (Lipinski definition) is 1. The Morgan fingerprint density at radius 3 is 2.59 bits per heavy atom. The van der Waals surface area contributed by atoms with Gasteiger partial charge in [0.15, 0.2) is 23.0 Å². The molecule has 3 aromatic heterocycles. The number of anilines is 4. The molecule has 2 aliphatic rings. The lowest BCUT2D eigenvalue weighted by molar-refractivity contribution is -0.118. The number of fused-ring (bicyclic) bond motifs is 2. The van der Waals surface area contributed by atoms with Gasteiger partial charge in [-0.05, 0) is 43.4 Å². The highest BCUT2D eigenvalue weighted by atomic mass is 16.5. The fourth-order valence-corrected chi connectivity index (χ4v) is 5.19. The third-order valence-electron chi connectivity index (χ3n) is 7.44. The van der Waals surface area contributed by atoms with Gasteiger partial charge in [-0.3, -0.25) is 14.5 Å². The number of nitrogens with one attached hydrogen (secondary N) is 1. The van der Waals surface area contributed by atoms with Crippen LogP contribution in [-0.2, 0) is 11.3 Å². The van der Waals surface area contributed by atoms with Crippen molar-refractivity contribution in [3.63, 3.8) is 0 Å². The van der Waals surface area contributed by atoms with Crippen LogP contribution in [-0.4, -0.2) is 81.5 Å². The molecule has 2 aliphatic heterocycles. The first-order valence-electron chi connectivity index (χ1n) is 13.8. The first kappa shape index (κ1) is 26.5. The van der Waals surface area contributed by atoms with Crippen molar-refractivity contribution in [2.45, 2.75) is 19.9 Å². The summed E-state index contributed by atoms with van der Waals surface area (Å²) in [7, 11) is 2.14. The molecule has 1 N–H and O–H groups in total. The summed E-state index contributed by atoms with van der Waals surface area (Å²) in [4.78, 5) is 46.2. The third kappa shape index (κ3) is 5.02. The zero-order chi connectivity index (χ0) is 28.5. The number of piperazine rings is 1. The predicted octanol–water partition coefficient (Wildman–Crippen LogP) is 2.79. The van der Waals surface area contributed by atoms with E-state index in [1.54, 1.807) is 27.8 Å². The summed E-state index contributed by atoms with van der Waals surface area (Å²) in [5.41, 5.74) is 2.13. The van der Waals surface area contributed by atoms with E-state index in [0.717, 1.165) is 31.9 Å². The van der Waals surface area contributed by atoms with Gasteiger partial charge in [0.1, 0.15) is 12.0 Å². The van der Waals surface area contributed by atoms with E-state index in [2.05, 4.69) is 45.9 Å². The fraction of sp³-hybridized carbons (Fsp3) is 0.345. The Bertz CT molecular complexity index is 1650. The molecule has 1 saturated heterocycles. The third-order valence-corrected chi connectivity index (χ3v) is 7.44. The van der Waals surface area contributed by atoms with E-state index in [4.69, 9.17) is 14.7 Å². The molecule has 0 bridgehead atoms. The second-order valence-electron chi connectivity index (χ2n) is 10.1. The van der Waals surface area contributed by atoms with Crippen molar-refractivity contribution in [1.29, 1.82) is 0 Å². The van der Waals surface area contributed by atoms with Crippen LogP contribution in [0.15, 0.2) is 60.0 Å². The Hall–Kier alpha value is -4.71. The van der Waals surface area contributed by atoms with Crippen molar-refractivity contribution in [2.24, 2.45) is 0 Å². The van der Waals surface area contributed by atoms with Crippen LogP contribution in [0.1, 0.15) is 13.3 Å². The SMILES string of the molecule is C=CCn1c(=O)c2cnc(Nc3ccc(N4CCN(C)CC4)cc3)nc2n1-c1ccc2c(n1)N(C(=O)CC)CCO2. The summed E-state index contributed by atoms with van der Waals surface area (Å²) in [6.45, 7) is 10.7. The van der Waals surface area contributed by atoms with Crippen molar-refractivity contribution < 1.29 is 9.53 Å². The lowest BCUT2D eigenvalue weighted by atomic mass is 10.2. The predicted molar refractivity (Wildman–Crippen MR) is 159 cm³/mol. The van der Waals surface area contributed by atoms with Crippen LogP contribution < -0.4 is 25.4 Å². The number of carbonyl (C=O) groups excluding carboxylic acids is 1. The van der Waals surface area contributed by atoms with Crippen molar-refractivity contribution in [1.82, 2.24) is 29.2 Å². The van der Waals surface area contributed by atoms with Gasteiger partial charge in [-0.1, -0.05) is 13.0 Å². The molecule has 12 heteroatoms. The Balaban J connectivity index is 1.36. The minimum atomic E-state index is -0.264. The maximum atomic E-state index is 13.4. The second-order valence-corrected chi connectivity index (χ2v) is 10.1. The van der Waals surface area contributed by atoms with Crippen LogP contribution in [0.5, 0.6) is 5.75 Å². The first-order valence-corrected chi connectivity index (χ1v) is 13.8. The molecule has 41 heavy (non-hydrogen) atoms. The molecule has 0 unspecified atom stereocenters. The van der Waals surface area contributed by atoms with Gasteiger partial charge in [0.2, 0.25) is 11.9 Å². The topological polar surface area (TPSA) is 114 Å². The number of nitrogens with zero attached hydrogens (tertiary/aromatic N) is 8. The molecular weight excluding hydrogens is 522 g/mol. The number of hydrogen-bond acceptors (Lipinski definition) is 9. The standard InChI is InChI=1S/C29H33N9O3/c1-4-12-37-28(40)22-19-30-29(31-20-6-8-21(9-7-20)35-15-13-34(3)14-16-35)33-26(22)38(37)24-11-10-23-27(32-24)36(17-18-41-23)25(39)5-2/h4,6-11,19H,1,5,12-18H2,2-3H3,(H,30,31,33). The molecule has 12 nitrogen and oxygen atoms in total. The number of amides is 1. The number of rotatable bonds is 7. The number of benzene rings is 1. The van der Waals surface area contributed by atoms with Gasteiger partial charge in [-0.2, -0.15) is 4.98 Å². The summed E-state index contributed by atoms with van der Waals surface area (Å²) in [6.07, 6.45) is 3.51. The molecule has 6 rings (SSSR count). The number of aromatic nitrogens is 5. The zero-order valence-corrected chi connectivity index (χ0v) is 23.3. The van der Waals surface area contributed by atoms with Crippen LogP contribution >= 0.6 is 0 Å². The molecule has 0 radical (unpaired) electrons. The Morgan fingerprint density at radius 1 is 1.07 bits per heavy atom. The van der Waals surface area contributed by atoms with Crippen LogP contribution in [0, 0.1) is 0 Å². The quantitative estimate of drug-likeness (QED) is 0.344. The molecule has 0 spiro atoms. The summed E-state index contributed by atoms with van der Waals surface area (Å²) >= 11 is 0. The van der Waals surface area contributed by atoms with E-state index < -0.39 is 0 Å². The van der Waals surface area contributed by atoms with Gasteiger partial charge in [-0.15, -0.1) is 6.58 Å². The summed E-state index contributed by atoms with van der Waals surface area (Å²) in [5.74, 6) is 1.67. The van der Waals surface area contributed by atoms with E-state index in [0.29, 0.717) is 53.9 Å². The lowest BCUT2D eigenvalue weighted by Crippen LogP contribution is -2.44. The summed E-state index contributed by atoms with van der Waals surface area (Å²) < 4.78 is 8.91. The molecule has 0 saturated carbocycles. The number of likely N-dealkylation sites (N-methyl/N-ethyl adjacent to an activating group) is 1. The minimum Gasteiger partial charge on any atom is -0.488 e. The van der Waals surface area contributed by atoms with Crippen LogP contribution in [0.3, 0.4) is 0 Å². The van der Waals surface area contributed by atoms with Gasteiger partial charge in [0.25, 0.3) is 5.56 Å².